The third-order valence-electron chi connectivity index (χ3n) is 1.83. The van der Waals surface area contributed by atoms with Gasteiger partial charge >= 0.3 is 5.69 Å². The molecule has 1 aromatic heterocycles. The molecule has 68 valence electrons. The van der Waals surface area contributed by atoms with E-state index in [0.717, 1.165) is 5.82 Å². The summed E-state index contributed by atoms with van der Waals surface area (Å²) in [6.45, 7) is 7.70. The molecule has 0 unspecified atom stereocenters. The topological polar surface area (TPSA) is 39.8 Å². The van der Waals surface area contributed by atoms with Crippen LogP contribution in [0.4, 0.5) is 0 Å². The molecule has 0 saturated heterocycles. The molecule has 12 heavy (non-hydrogen) atoms. The van der Waals surface area contributed by atoms with Crippen LogP contribution in [0.5, 0.6) is 0 Å². The molecule has 0 amide bonds. The monoisotopic (exact) mass is 169 g/mol. The van der Waals surface area contributed by atoms with E-state index in [-0.39, 0.29) is 11.2 Å². The Bertz CT molecular complexity index is 340. The Morgan fingerprint density at radius 1 is 1.33 bits per heavy atom. The predicted octanol–water partition coefficient (Wildman–Crippen LogP) is 0.645. The number of aromatic nitrogens is 3. The standard InChI is InChI=1S/C8H15N3O/c1-6-9-11(8(2,3)4)7(12)10(6)5/h1-5H3. The average Bonchev–Trinajstić information content (AvgIpc) is 2.15. The molecule has 0 fully saturated rings. The van der Waals surface area contributed by atoms with Gasteiger partial charge in [0.15, 0.2) is 0 Å². The lowest BCUT2D eigenvalue weighted by Crippen LogP contribution is -2.35. The second-order valence-electron chi connectivity index (χ2n) is 3.97. The van der Waals surface area contributed by atoms with Crippen molar-refractivity contribution in [2.75, 3.05) is 0 Å². The normalized spacial score (nSPS) is 12.1. The maximum atomic E-state index is 11.5. The van der Waals surface area contributed by atoms with E-state index >= 15 is 0 Å². The maximum Gasteiger partial charge on any atom is 0.346 e. The number of hydrogen-bond donors (Lipinski definition) is 0. The minimum atomic E-state index is -0.233. The van der Waals surface area contributed by atoms with Crippen LogP contribution in [0.1, 0.15) is 26.6 Å². The van der Waals surface area contributed by atoms with Crippen molar-refractivity contribution in [3.63, 3.8) is 0 Å². The van der Waals surface area contributed by atoms with Crippen LogP contribution in [0, 0.1) is 6.92 Å². The summed E-state index contributed by atoms with van der Waals surface area (Å²) in [6, 6.07) is 0. The first-order valence-electron chi connectivity index (χ1n) is 3.97. The number of hydrogen-bond acceptors (Lipinski definition) is 2. The molecule has 0 aliphatic carbocycles. The molecule has 0 saturated carbocycles. The molecule has 1 heterocycles. The molecule has 0 spiro atoms. The Hall–Kier alpha value is -1.06. The van der Waals surface area contributed by atoms with Crippen LogP contribution >= 0.6 is 0 Å². The summed E-state index contributed by atoms with van der Waals surface area (Å²) in [6.07, 6.45) is 0. The van der Waals surface area contributed by atoms with Crippen LogP contribution in [-0.2, 0) is 12.6 Å². The van der Waals surface area contributed by atoms with Crippen LogP contribution < -0.4 is 5.69 Å². The van der Waals surface area contributed by atoms with Crippen molar-refractivity contribution in [1.82, 2.24) is 14.3 Å². The lowest BCUT2D eigenvalue weighted by atomic mass is 10.1. The minimum Gasteiger partial charge on any atom is -0.282 e. The van der Waals surface area contributed by atoms with Crippen molar-refractivity contribution in [2.45, 2.75) is 33.2 Å². The summed E-state index contributed by atoms with van der Waals surface area (Å²) >= 11 is 0. The molecule has 1 aromatic rings. The lowest BCUT2D eigenvalue weighted by Gasteiger charge is -2.16. The molecule has 0 bridgehead atoms. The first kappa shape index (κ1) is 9.03. The quantitative estimate of drug-likeness (QED) is 0.572. The van der Waals surface area contributed by atoms with Gasteiger partial charge < -0.3 is 0 Å². The van der Waals surface area contributed by atoms with Gasteiger partial charge in [-0.15, -0.1) is 0 Å². The van der Waals surface area contributed by atoms with E-state index in [1.165, 1.54) is 4.68 Å². The summed E-state index contributed by atoms with van der Waals surface area (Å²) in [5.74, 6) is 0.745. The Morgan fingerprint density at radius 2 is 1.83 bits per heavy atom. The zero-order valence-corrected chi connectivity index (χ0v) is 8.25. The van der Waals surface area contributed by atoms with Crippen molar-refractivity contribution in [2.24, 2.45) is 7.05 Å². The fourth-order valence-corrected chi connectivity index (χ4v) is 0.972. The van der Waals surface area contributed by atoms with Crippen LogP contribution in [0.25, 0.3) is 0 Å². The van der Waals surface area contributed by atoms with E-state index in [1.54, 1.807) is 11.6 Å². The van der Waals surface area contributed by atoms with Gasteiger partial charge in [-0.25, -0.2) is 9.48 Å². The maximum absolute atomic E-state index is 11.5. The van der Waals surface area contributed by atoms with E-state index < -0.39 is 0 Å². The molecular formula is C8H15N3O. The highest BCUT2D eigenvalue weighted by Crippen LogP contribution is 2.08. The van der Waals surface area contributed by atoms with Gasteiger partial charge in [-0.2, -0.15) is 5.10 Å². The number of aryl methyl sites for hydroxylation is 1. The fourth-order valence-electron chi connectivity index (χ4n) is 0.972. The van der Waals surface area contributed by atoms with Gasteiger partial charge in [-0.05, 0) is 27.7 Å². The van der Waals surface area contributed by atoms with Crippen molar-refractivity contribution >= 4 is 0 Å². The van der Waals surface area contributed by atoms with E-state index in [2.05, 4.69) is 5.10 Å². The highest BCUT2D eigenvalue weighted by atomic mass is 16.2. The first-order chi connectivity index (χ1) is 5.34. The van der Waals surface area contributed by atoms with Crippen LogP contribution in [-0.4, -0.2) is 14.3 Å². The highest BCUT2D eigenvalue weighted by Gasteiger charge is 2.18. The fraction of sp³-hybridized carbons (Fsp3) is 0.750. The van der Waals surface area contributed by atoms with Crippen LogP contribution in [0.3, 0.4) is 0 Å². The lowest BCUT2D eigenvalue weighted by molar-refractivity contribution is 0.340. The number of rotatable bonds is 0. The zero-order valence-electron chi connectivity index (χ0n) is 8.25. The Labute approximate surface area is 71.8 Å². The highest BCUT2D eigenvalue weighted by molar-refractivity contribution is 4.85. The molecule has 0 radical (unpaired) electrons. The smallest absolute Gasteiger partial charge is 0.282 e. The second-order valence-corrected chi connectivity index (χ2v) is 3.97. The minimum absolute atomic E-state index is 0.0556. The molecule has 4 heteroatoms. The first-order valence-corrected chi connectivity index (χ1v) is 3.97. The summed E-state index contributed by atoms with van der Waals surface area (Å²) in [5.41, 5.74) is -0.289. The Balaban J connectivity index is 3.38. The predicted molar refractivity (Wildman–Crippen MR) is 47.2 cm³/mol. The molecule has 1 rings (SSSR count). The van der Waals surface area contributed by atoms with Gasteiger partial charge in [0, 0.05) is 7.05 Å². The summed E-state index contributed by atoms with van der Waals surface area (Å²) in [5, 5.41) is 4.15. The van der Waals surface area contributed by atoms with E-state index in [4.69, 9.17) is 0 Å². The average molecular weight is 169 g/mol. The van der Waals surface area contributed by atoms with Gasteiger partial charge in [0.25, 0.3) is 0 Å². The second kappa shape index (κ2) is 2.47. The van der Waals surface area contributed by atoms with Crippen molar-refractivity contribution < 1.29 is 0 Å². The van der Waals surface area contributed by atoms with Gasteiger partial charge in [0.1, 0.15) is 5.82 Å². The van der Waals surface area contributed by atoms with Crippen LogP contribution in [0.2, 0.25) is 0 Å². The molecule has 0 aliphatic heterocycles. The van der Waals surface area contributed by atoms with Crippen molar-refractivity contribution in [1.29, 1.82) is 0 Å². The summed E-state index contributed by atoms with van der Waals surface area (Å²) in [7, 11) is 1.73. The molecule has 0 aromatic carbocycles. The number of nitrogens with zero attached hydrogens (tertiary/aromatic N) is 3. The molecular weight excluding hydrogens is 154 g/mol. The van der Waals surface area contributed by atoms with E-state index in [0.29, 0.717) is 0 Å². The van der Waals surface area contributed by atoms with E-state index in [9.17, 15) is 4.79 Å². The Kier molecular flexibility index (Phi) is 1.86. The SMILES string of the molecule is Cc1nn(C(C)(C)C)c(=O)n1C. The largest absolute Gasteiger partial charge is 0.346 e. The third kappa shape index (κ3) is 1.29. The van der Waals surface area contributed by atoms with Crippen LogP contribution in [0.15, 0.2) is 4.79 Å². The molecule has 0 N–H and O–H groups in total. The Morgan fingerprint density at radius 3 is 2.00 bits per heavy atom. The third-order valence-corrected chi connectivity index (χ3v) is 1.83. The summed E-state index contributed by atoms with van der Waals surface area (Å²) in [4.78, 5) is 11.5. The molecule has 0 aliphatic rings. The van der Waals surface area contributed by atoms with Crippen molar-refractivity contribution in [3.05, 3.63) is 16.3 Å². The van der Waals surface area contributed by atoms with Gasteiger partial charge in [0.2, 0.25) is 0 Å². The molecule has 4 nitrogen and oxygen atoms in total. The van der Waals surface area contributed by atoms with Gasteiger partial charge in [-0.3, -0.25) is 4.57 Å². The van der Waals surface area contributed by atoms with Gasteiger partial charge in [-0.1, -0.05) is 0 Å². The summed E-state index contributed by atoms with van der Waals surface area (Å²) < 4.78 is 3.05. The molecule has 0 atom stereocenters. The van der Waals surface area contributed by atoms with Gasteiger partial charge in [0.05, 0.1) is 5.54 Å². The van der Waals surface area contributed by atoms with E-state index in [1.807, 2.05) is 27.7 Å². The van der Waals surface area contributed by atoms with Crippen molar-refractivity contribution in [3.8, 4) is 0 Å². The zero-order chi connectivity index (χ0) is 9.52.